The van der Waals surface area contributed by atoms with Gasteiger partial charge in [0.05, 0.1) is 6.54 Å². The lowest BCUT2D eigenvalue weighted by Crippen LogP contribution is -2.34. The average molecular weight is 355 g/mol. The Labute approximate surface area is 143 Å². The maximum Gasteiger partial charge on any atom is 0.434 e. The van der Waals surface area contributed by atoms with Crippen molar-refractivity contribution in [2.75, 3.05) is 13.1 Å². The van der Waals surface area contributed by atoms with Crippen LogP contribution in [0.1, 0.15) is 60.8 Å². The van der Waals surface area contributed by atoms with Crippen LogP contribution in [0.2, 0.25) is 0 Å². The van der Waals surface area contributed by atoms with Gasteiger partial charge >= 0.3 is 6.18 Å². The van der Waals surface area contributed by atoms with Gasteiger partial charge < -0.3 is 9.09 Å². The molecular weight excluding hydrogens is 335 g/mol. The SMILES string of the molecule is Cn1cc(C(F)(F)F)nc1C1CCCN(Cc2nc(C3CC3)no2)C1. The molecule has 1 saturated heterocycles. The maximum absolute atomic E-state index is 12.9. The van der Waals surface area contributed by atoms with Crippen LogP contribution in [-0.2, 0) is 19.8 Å². The summed E-state index contributed by atoms with van der Waals surface area (Å²) in [5, 5.41) is 4.01. The summed E-state index contributed by atoms with van der Waals surface area (Å²) in [7, 11) is 1.62. The van der Waals surface area contributed by atoms with Gasteiger partial charge in [0.25, 0.3) is 0 Å². The highest BCUT2D eigenvalue weighted by Crippen LogP contribution is 2.38. The molecule has 2 fully saturated rings. The monoisotopic (exact) mass is 355 g/mol. The molecule has 0 radical (unpaired) electrons. The molecule has 0 bridgehead atoms. The summed E-state index contributed by atoms with van der Waals surface area (Å²) in [6.07, 6.45) is 0.622. The molecule has 0 N–H and O–H groups in total. The Morgan fingerprint density at radius 1 is 1.20 bits per heavy atom. The number of halogens is 3. The average Bonchev–Trinajstić information content (AvgIpc) is 3.17. The highest BCUT2D eigenvalue weighted by atomic mass is 19.4. The van der Waals surface area contributed by atoms with E-state index in [1.807, 2.05) is 0 Å². The molecule has 1 atom stereocenters. The number of nitrogens with zero attached hydrogens (tertiary/aromatic N) is 5. The Balaban J connectivity index is 1.44. The van der Waals surface area contributed by atoms with Gasteiger partial charge in [-0.2, -0.15) is 18.2 Å². The van der Waals surface area contributed by atoms with Crippen molar-refractivity contribution in [1.29, 1.82) is 0 Å². The smallest absolute Gasteiger partial charge is 0.338 e. The zero-order valence-corrected chi connectivity index (χ0v) is 14.0. The van der Waals surface area contributed by atoms with Gasteiger partial charge in [-0.3, -0.25) is 4.90 Å². The summed E-state index contributed by atoms with van der Waals surface area (Å²) in [5.74, 6) is 2.27. The Kier molecular flexibility index (Phi) is 4.05. The molecule has 2 aliphatic rings. The van der Waals surface area contributed by atoms with Crippen molar-refractivity contribution in [3.8, 4) is 0 Å². The number of likely N-dealkylation sites (tertiary alicyclic amines) is 1. The molecule has 1 unspecified atom stereocenters. The van der Waals surface area contributed by atoms with Gasteiger partial charge in [-0.25, -0.2) is 4.98 Å². The van der Waals surface area contributed by atoms with E-state index in [0.717, 1.165) is 44.2 Å². The molecule has 136 valence electrons. The second-order valence-electron chi connectivity index (χ2n) is 6.99. The number of rotatable bonds is 4. The number of aryl methyl sites for hydroxylation is 1. The standard InChI is InChI=1S/C16H20F3N5O/c1-23-8-12(16(17,18)19)20-15(23)11-3-2-6-24(7-11)9-13-21-14(22-25-13)10-4-5-10/h8,10-11H,2-7,9H2,1H3. The van der Waals surface area contributed by atoms with E-state index in [0.29, 0.717) is 30.7 Å². The second kappa shape index (κ2) is 6.12. The number of piperidine rings is 1. The van der Waals surface area contributed by atoms with E-state index in [2.05, 4.69) is 20.0 Å². The quantitative estimate of drug-likeness (QED) is 0.844. The number of hydrogen-bond acceptors (Lipinski definition) is 5. The largest absolute Gasteiger partial charge is 0.434 e. The first kappa shape index (κ1) is 16.6. The van der Waals surface area contributed by atoms with Gasteiger partial charge in [0.1, 0.15) is 5.82 Å². The van der Waals surface area contributed by atoms with Crippen molar-refractivity contribution in [2.24, 2.45) is 7.05 Å². The fourth-order valence-electron chi connectivity index (χ4n) is 3.44. The molecule has 1 aliphatic heterocycles. The number of hydrogen-bond donors (Lipinski definition) is 0. The van der Waals surface area contributed by atoms with E-state index >= 15 is 0 Å². The van der Waals surface area contributed by atoms with Crippen molar-refractivity contribution >= 4 is 0 Å². The first-order valence-corrected chi connectivity index (χ1v) is 8.55. The van der Waals surface area contributed by atoms with Crippen molar-refractivity contribution in [3.63, 3.8) is 0 Å². The van der Waals surface area contributed by atoms with E-state index < -0.39 is 11.9 Å². The molecule has 3 heterocycles. The molecule has 2 aromatic rings. The second-order valence-corrected chi connectivity index (χ2v) is 6.99. The molecule has 2 aromatic heterocycles. The van der Waals surface area contributed by atoms with Crippen molar-refractivity contribution < 1.29 is 17.7 Å². The van der Waals surface area contributed by atoms with E-state index in [-0.39, 0.29) is 5.92 Å². The zero-order chi connectivity index (χ0) is 17.6. The molecule has 1 aliphatic carbocycles. The summed E-state index contributed by atoms with van der Waals surface area (Å²) in [6.45, 7) is 2.05. The van der Waals surface area contributed by atoms with Crippen LogP contribution in [0.3, 0.4) is 0 Å². The Morgan fingerprint density at radius 2 is 2.00 bits per heavy atom. The van der Waals surface area contributed by atoms with Gasteiger partial charge in [0.15, 0.2) is 11.5 Å². The third-order valence-electron chi connectivity index (χ3n) is 4.86. The Hall–Kier alpha value is -1.90. The summed E-state index contributed by atoms with van der Waals surface area (Å²) < 4.78 is 45.4. The van der Waals surface area contributed by atoms with Crippen LogP contribution in [0.5, 0.6) is 0 Å². The molecule has 25 heavy (non-hydrogen) atoms. The van der Waals surface area contributed by atoms with Crippen LogP contribution in [0.15, 0.2) is 10.7 Å². The lowest BCUT2D eigenvalue weighted by Gasteiger charge is -2.31. The van der Waals surface area contributed by atoms with Crippen LogP contribution in [0, 0.1) is 0 Å². The van der Waals surface area contributed by atoms with Gasteiger partial charge in [0, 0.05) is 31.6 Å². The molecule has 9 heteroatoms. The van der Waals surface area contributed by atoms with E-state index in [1.165, 1.54) is 4.57 Å². The van der Waals surface area contributed by atoms with Gasteiger partial charge in [-0.15, -0.1) is 0 Å². The minimum absolute atomic E-state index is 0.0272. The van der Waals surface area contributed by atoms with Gasteiger partial charge in [-0.1, -0.05) is 5.16 Å². The van der Waals surface area contributed by atoms with Crippen LogP contribution in [-0.4, -0.2) is 37.7 Å². The molecule has 1 saturated carbocycles. The van der Waals surface area contributed by atoms with Crippen molar-refractivity contribution in [1.82, 2.24) is 24.6 Å². The van der Waals surface area contributed by atoms with E-state index in [1.54, 1.807) is 7.05 Å². The summed E-state index contributed by atoms with van der Waals surface area (Å²) in [5.41, 5.74) is -0.826. The Morgan fingerprint density at radius 3 is 2.68 bits per heavy atom. The lowest BCUT2D eigenvalue weighted by atomic mass is 9.97. The van der Waals surface area contributed by atoms with Crippen LogP contribution < -0.4 is 0 Å². The highest BCUT2D eigenvalue weighted by Gasteiger charge is 2.36. The van der Waals surface area contributed by atoms with Crippen LogP contribution >= 0.6 is 0 Å². The first-order chi connectivity index (χ1) is 11.9. The molecular formula is C16H20F3N5O. The normalized spacial score (nSPS) is 22.5. The van der Waals surface area contributed by atoms with Crippen LogP contribution in [0.25, 0.3) is 0 Å². The fraction of sp³-hybridized carbons (Fsp3) is 0.688. The molecule has 6 nitrogen and oxygen atoms in total. The molecule has 0 spiro atoms. The molecule has 0 amide bonds. The van der Waals surface area contributed by atoms with E-state index in [4.69, 9.17) is 4.52 Å². The fourth-order valence-corrected chi connectivity index (χ4v) is 3.44. The summed E-state index contributed by atoms with van der Waals surface area (Å²) in [6, 6.07) is 0. The van der Waals surface area contributed by atoms with Crippen molar-refractivity contribution in [2.45, 2.75) is 50.2 Å². The van der Waals surface area contributed by atoms with Crippen LogP contribution in [0.4, 0.5) is 13.2 Å². The zero-order valence-electron chi connectivity index (χ0n) is 14.0. The third kappa shape index (κ3) is 3.56. The summed E-state index contributed by atoms with van der Waals surface area (Å²) >= 11 is 0. The molecule has 4 rings (SSSR count). The van der Waals surface area contributed by atoms with Gasteiger partial charge in [-0.05, 0) is 32.2 Å². The predicted molar refractivity (Wildman–Crippen MR) is 81.7 cm³/mol. The minimum atomic E-state index is -4.41. The van der Waals surface area contributed by atoms with Gasteiger partial charge in [0.2, 0.25) is 5.89 Å². The highest BCUT2D eigenvalue weighted by molar-refractivity contribution is 5.12. The third-order valence-corrected chi connectivity index (χ3v) is 4.86. The lowest BCUT2D eigenvalue weighted by molar-refractivity contribution is -0.141. The maximum atomic E-state index is 12.9. The number of alkyl halides is 3. The minimum Gasteiger partial charge on any atom is -0.338 e. The Bertz CT molecular complexity index is 749. The number of imidazole rings is 1. The molecule has 0 aromatic carbocycles. The number of aromatic nitrogens is 4. The summed E-state index contributed by atoms with van der Waals surface area (Å²) in [4.78, 5) is 10.4. The first-order valence-electron chi connectivity index (χ1n) is 8.55. The van der Waals surface area contributed by atoms with Crippen molar-refractivity contribution in [3.05, 3.63) is 29.4 Å². The topological polar surface area (TPSA) is 60.0 Å². The predicted octanol–water partition coefficient (Wildman–Crippen LogP) is 3.08. The van der Waals surface area contributed by atoms with E-state index in [9.17, 15) is 13.2 Å².